The van der Waals surface area contributed by atoms with Crippen molar-refractivity contribution in [1.29, 1.82) is 0 Å². The third-order valence-electron chi connectivity index (χ3n) is 19.3. The quantitative estimate of drug-likeness (QED) is 0.0641. The number of rotatable bonds is 16. The normalized spacial score (nSPS) is 23.1. The van der Waals surface area contributed by atoms with E-state index in [2.05, 4.69) is 5.32 Å². The summed E-state index contributed by atoms with van der Waals surface area (Å²) in [4.78, 5) is 73.5. The lowest BCUT2D eigenvalue weighted by atomic mass is 9.83. The molecule has 10 rings (SSSR count). The van der Waals surface area contributed by atoms with E-state index >= 15 is 8.78 Å². The third-order valence-corrected chi connectivity index (χ3v) is 19.3. The standard InChI is InChI=1S/C38H49F4N3O6.C32H39F4N3O4/c1-6-50-34(47)27-15-17-44(18-16-27)32-21-28(38(40,41)42)9-12-30(32)25-13-19-45(20-14-25)35(48)37(39)24-43(23-33(46)51-36(2,3)4)22-31(37)26-7-10-29(49-5)11-8-26;1-3-43-29(40)23-12-14-38(15-13-23)28-18-24(32(34,35)36)6-9-26(28)21-10-16-39(17-11-21)30(41)31(33)20-37-19-27(31)22-4-7-25(42-2)8-5-22/h7-12,21,25,27,31H,6,13-20,22-24H2,1-5H3;4-9,18,21,23,27,37H,3,10-17,19-20H2,1-2H3/t31-,37-;27-,31-/m00/s1. The second-order valence-electron chi connectivity index (χ2n) is 26.5. The van der Waals surface area contributed by atoms with E-state index in [9.17, 15) is 50.3 Å². The van der Waals surface area contributed by atoms with Crippen LogP contribution in [0.1, 0.15) is 143 Å². The number of nitrogens with one attached hydrogen (secondary N) is 1. The summed E-state index contributed by atoms with van der Waals surface area (Å²) in [6.07, 6.45) is -5.16. The van der Waals surface area contributed by atoms with Crippen molar-refractivity contribution < 1.29 is 82.8 Å². The van der Waals surface area contributed by atoms with Crippen molar-refractivity contribution in [3.05, 3.63) is 118 Å². The maximum absolute atomic E-state index is 17.3. The van der Waals surface area contributed by atoms with Gasteiger partial charge in [-0.15, -0.1) is 0 Å². The van der Waals surface area contributed by atoms with Gasteiger partial charge < -0.3 is 48.6 Å². The molecule has 16 nitrogen and oxygen atoms in total. The van der Waals surface area contributed by atoms with Crippen LogP contribution in [0.5, 0.6) is 11.5 Å². The van der Waals surface area contributed by atoms with Crippen LogP contribution in [0.15, 0.2) is 84.9 Å². The number of esters is 3. The molecule has 6 heterocycles. The number of piperidine rings is 4. The first-order chi connectivity index (χ1) is 44.6. The zero-order chi connectivity index (χ0) is 67.9. The van der Waals surface area contributed by atoms with Crippen molar-refractivity contribution in [2.75, 3.05) is 122 Å². The lowest BCUT2D eigenvalue weighted by Crippen LogP contribution is -2.52. The van der Waals surface area contributed by atoms with Crippen molar-refractivity contribution in [3.8, 4) is 11.5 Å². The highest BCUT2D eigenvalue weighted by Crippen LogP contribution is 2.47. The Balaban J connectivity index is 0.000000224. The number of likely N-dealkylation sites (tertiary alicyclic amines) is 3. The van der Waals surface area contributed by atoms with Crippen molar-refractivity contribution in [2.24, 2.45) is 11.8 Å². The summed E-state index contributed by atoms with van der Waals surface area (Å²) in [5.41, 5.74) is -2.74. The van der Waals surface area contributed by atoms with Crippen molar-refractivity contribution in [3.63, 3.8) is 0 Å². The Morgan fingerprint density at radius 3 is 1.33 bits per heavy atom. The van der Waals surface area contributed by atoms with E-state index in [1.165, 1.54) is 30.2 Å². The van der Waals surface area contributed by atoms with Gasteiger partial charge in [0.15, 0.2) is 0 Å². The van der Waals surface area contributed by atoms with Crippen molar-refractivity contribution in [2.45, 2.75) is 139 Å². The van der Waals surface area contributed by atoms with Gasteiger partial charge in [0.05, 0.1) is 56.9 Å². The molecule has 6 fully saturated rings. The number of amides is 2. The Bertz CT molecular complexity index is 3260. The molecular weight excluding hydrogens is 1240 g/mol. The van der Waals surface area contributed by atoms with E-state index < -0.39 is 70.0 Å². The van der Waals surface area contributed by atoms with Gasteiger partial charge in [0.1, 0.15) is 17.1 Å². The Morgan fingerprint density at radius 1 is 0.543 bits per heavy atom. The highest BCUT2D eigenvalue weighted by molar-refractivity contribution is 5.88. The molecule has 4 aromatic rings. The number of anilines is 2. The highest BCUT2D eigenvalue weighted by atomic mass is 19.4. The lowest BCUT2D eigenvalue weighted by Gasteiger charge is -2.39. The molecule has 514 valence electrons. The van der Waals surface area contributed by atoms with Gasteiger partial charge in [0, 0.05) is 102 Å². The minimum absolute atomic E-state index is 0.0761. The highest BCUT2D eigenvalue weighted by Gasteiger charge is 2.56. The maximum Gasteiger partial charge on any atom is 0.416 e. The van der Waals surface area contributed by atoms with Crippen molar-refractivity contribution >= 4 is 41.1 Å². The van der Waals surface area contributed by atoms with Gasteiger partial charge >= 0.3 is 30.3 Å². The molecule has 0 radical (unpaired) electrons. The monoisotopic (exact) mass is 1320 g/mol. The predicted molar refractivity (Wildman–Crippen MR) is 337 cm³/mol. The number of hydrogen-bond acceptors (Lipinski definition) is 14. The summed E-state index contributed by atoms with van der Waals surface area (Å²) in [5.74, 6) is -3.32. The number of halogens is 8. The first-order valence-corrected chi connectivity index (χ1v) is 32.7. The summed E-state index contributed by atoms with van der Waals surface area (Å²) in [6.45, 7) is 12.0. The lowest BCUT2D eigenvalue weighted by molar-refractivity contribution is -0.156. The Kier molecular flexibility index (Phi) is 22.6. The molecule has 6 aliphatic rings. The average molecular weight is 1330 g/mol. The molecule has 0 bridgehead atoms. The third kappa shape index (κ3) is 16.5. The first kappa shape index (κ1) is 71.1. The number of carbonyl (C=O) groups excluding carboxylic acids is 5. The number of nitrogens with zero attached hydrogens (tertiary/aromatic N) is 5. The number of benzene rings is 4. The van der Waals surface area contributed by atoms with E-state index in [1.807, 2.05) is 9.80 Å². The van der Waals surface area contributed by atoms with Gasteiger partial charge in [-0.2, -0.15) is 26.3 Å². The fourth-order valence-electron chi connectivity index (χ4n) is 14.4. The Labute approximate surface area is 544 Å². The minimum Gasteiger partial charge on any atom is -0.497 e. The van der Waals surface area contributed by atoms with E-state index in [0.29, 0.717) is 132 Å². The number of ether oxygens (including phenoxy) is 5. The average Bonchev–Trinajstić information content (AvgIpc) is 1.51. The van der Waals surface area contributed by atoms with Crippen LogP contribution in [0.2, 0.25) is 0 Å². The van der Waals surface area contributed by atoms with Crippen LogP contribution in [-0.4, -0.2) is 174 Å². The fourth-order valence-corrected chi connectivity index (χ4v) is 14.4. The van der Waals surface area contributed by atoms with Gasteiger partial charge in [0.2, 0.25) is 11.3 Å². The first-order valence-electron chi connectivity index (χ1n) is 32.7. The maximum atomic E-state index is 17.3. The van der Waals surface area contributed by atoms with Crippen LogP contribution in [0.25, 0.3) is 0 Å². The van der Waals surface area contributed by atoms with Gasteiger partial charge in [-0.1, -0.05) is 36.4 Å². The van der Waals surface area contributed by atoms with Crippen LogP contribution in [0.4, 0.5) is 46.5 Å². The van der Waals surface area contributed by atoms with Crippen molar-refractivity contribution in [1.82, 2.24) is 20.0 Å². The topological polar surface area (TPSA) is 160 Å². The molecule has 0 saturated carbocycles. The molecule has 2 amide bonds. The summed E-state index contributed by atoms with van der Waals surface area (Å²) < 4.78 is 143. The van der Waals surface area contributed by atoms with E-state index in [-0.39, 0.29) is 81.5 Å². The second-order valence-corrected chi connectivity index (χ2v) is 26.5. The zero-order valence-electron chi connectivity index (χ0n) is 54.7. The molecule has 0 aliphatic carbocycles. The SMILES string of the molecule is CCOC(=O)C1CCN(c2cc(C(F)(F)F)ccc2C2CCN(C(=O)[C@]3(F)CN(CC(=O)OC(C)(C)C)C[C@H]3c3ccc(OC)cc3)CC2)CC1.CCOC(=O)C1CCN(c2cc(C(F)(F)F)ccc2C2CCN(C(=O)[C@]3(F)CNC[C@H]3c3ccc(OC)cc3)CC2)CC1. The largest absolute Gasteiger partial charge is 0.497 e. The van der Waals surface area contributed by atoms with E-state index in [4.69, 9.17) is 23.7 Å². The van der Waals surface area contributed by atoms with Gasteiger partial charge in [0.25, 0.3) is 11.8 Å². The van der Waals surface area contributed by atoms with Gasteiger partial charge in [-0.3, -0.25) is 28.9 Å². The molecule has 0 spiro atoms. The molecular formula is C70H88F8N6O10. The smallest absolute Gasteiger partial charge is 0.416 e. The van der Waals surface area contributed by atoms with Crippen LogP contribution < -0.4 is 24.6 Å². The number of alkyl halides is 8. The molecule has 0 unspecified atom stereocenters. The molecule has 94 heavy (non-hydrogen) atoms. The summed E-state index contributed by atoms with van der Waals surface area (Å²) in [6, 6.07) is 21.6. The minimum atomic E-state index is -4.53. The van der Waals surface area contributed by atoms with E-state index in [1.54, 1.807) is 106 Å². The Hall–Kier alpha value is -7.21. The van der Waals surface area contributed by atoms with Crippen LogP contribution >= 0.6 is 0 Å². The Morgan fingerprint density at radius 2 is 0.947 bits per heavy atom. The molecule has 1 N–H and O–H groups in total. The van der Waals surface area contributed by atoms with Gasteiger partial charge in [-0.05, 0) is 169 Å². The van der Waals surface area contributed by atoms with Crippen LogP contribution in [0, 0.1) is 11.8 Å². The summed E-state index contributed by atoms with van der Waals surface area (Å²) in [5, 5.41) is 3.04. The molecule has 6 aliphatic heterocycles. The fraction of sp³-hybridized carbons (Fsp3) is 0.586. The second kappa shape index (κ2) is 29.8. The number of methoxy groups -OCH3 is 2. The summed E-state index contributed by atoms with van der Waals surface area (Å²) >= 11 is 0. The van der Waals surface area contributed by atoms with E-state index in [0.717, 1.165) is 28.8 Å². The van der Waals surface area contributed by atoms with Crippen LogP contribution in [-0.2, 0) is 50.5 Å². The molecule has 4 atom stereocenters. The molecule has 24 heteroatoms. The molecule has 4 aromatic carbocycles. The van der Waals surface area contributed by atoms with Gasteiger partial charge in [-0.25, -0.2) is 8.78 Å². The zero-order valence-corrected chi connectivity index (χ0v) is 54.7. The predicted octanol–water partition coefficient (Wildman–Crippen LogP) is 11.6. The number of hydrogen-bond donors (Lipinski definition) is 1. The molecule has 6 saturated heterocycles. The van der Waals surface area contributed by atoms with Crippen LogP contribution in [0.3, 0.4) is 0 Å². The molecule has 0 aromatic heterocycles. The summed E-state index contributed by atoms with van der Waals surface area (Å²) in [7, 11) is 3.09. The number of carbonyl (C=O) groups is 5.